The number of aliphatic carboxylic acids is 1. The van der Waals surface area contributed by atoms with E-state index in [2.05, 4.69) is 5.32 Å². The van der Waals surface area contributed by atoms with Crippen LogP contribution in [0.2, 0.25) is 10.0 Å². The first-order valence-electron chi connectivity index (χ1n) is 10.4. The lowest BCUT2D eigenvalue weighted by Gasteiger charge is -2.19. The lowest BCUT2D eigenvalue weighted by Crippen LogP contribution is -2.50. The summed E-state index contributed by atoms with van der Waals surface area (Å²) in [6.07, 6.45) is -2.55. The maximum absolute atomic E-state index is 12.6. The molecule has 9 nitrogen and oxygen atoms in total. The van der Waals surface area contributed by atoms with Gasteiger partial charge in [0.05, 0.1) is 6.61 Å². The molecule has 1 fully saturated rings. The third kappa shape index (κ3) is 6.60. The minimum atomic E-state index is -1.30. The molecule has 0 bridgehead atoms. The van der Waals surface area contributed by atoms with Crippen LogP contribution in [-0.2, 0) is 41.6 Å². The van der Waals surface area contributed by atoms with E-state index in [4.69, 9.17) is 42.1 Å². The highest BCUT2D eigenvalue weighted by atomic mass is 35.5. The standard InChI is InChI=1S/C23H23Cl2NO8/c1-2-31-23(30)20-19(33-12-34-20)21(27)26-18(22(28)29)10-13-6-8-14(9-7-13)32-11-15-16(24)4-3-5-17(15)25/h3-9,18-20H,2,10-12H2,1H3,(H,26,27)(H,28,29)/t18-,19+,20+/m0/s1. The molecule has 2 aromatic carbocycles. The molecule has 0 radical (unpaired) electrons. The lowest BCUT2D eigenvalue weighted by atomic mass is 10.0. The highest BCUT2D eigenvalue weighted by Gasteiger charge is 2.42. The van der Waals surface area contributed by atoms with Gasteiger partial charge in [-0.15, -0.1) is 0 Å². The topological polar surface area (TPSA) is 120 Å². The average molecular weight is 512 g/mol. The van der Waals surface area contributed by atoms with E-state index in [1.807, 2.05) is 0 Å². The largest absolute Gasteiger partial charge is 0.489 e. The Hall–Kier alpha value is -2.85. The molecular weight excluding hydrogens is 489 g/mol. The summed E-state index contributed by atoms with van der Waals surface area (Å²) >= 11 is 12.3. The van der Waals surface area contributed by atoms with E-state index in [1.54, 1.807) is 49.4 Å². The molecule has 0 aliphatic carbocycles. The molecule has 1 aliphatic rings. The molecule has 1 heterocycles. The zero-order valence-electron chi connectivity index (χ0n) is 18.2. The van der Waals surface area contributed by atoms with Crippen molar-refractivity contribution in [3.63, 3.8) is 0 Å². The Labute approximate surface area is 205 Å². The Morgan fingerprint density at radius 3 is 2.35 bits per heavy atom. The van der Waals surface area contributed by atoms with Gasteiger partial charge >= 0.3 is 11.9 Å². The second-order valence-corrected chi connectivity index (χ2v) is 8.10. The normalized spacial score (nSPS) is 18.2. The third-order valence-corrected chi connectivity index (χ3v) is 5.68. The molecule has 0 unspecified atom stereocenters. The van der Waals surface area contributed by atoms with Crippen LogP contribution in [0.15, 0.2) is 42.5 Å². The summed E-state index contributed by atoms with van der Waals surface area (Å²) in [6.45, 7) is 1.61. The smallest absolute Gasteiger partial charge is 0.338 e. The summed E-state index contributed by atoms with van der Waals surface area (Å²) in [5, 5.41) is 13.0. The highest BCUT2D eigenvalue weighted by Crippen LogP contribution is 2.26. The number of halogens is 2. The van der Waals surface area contributed by atoms with Crippen LogP contribution < -0.4 is 10.1 Å². The Balaban J connectivity index is 1.59. The van der Waals surface area contributed by atoms with Crippen molar-refractivity contribution in [1.82, 2.24) is 5.32 Å². The van der Waals surface area contributed by atoms with Crippen molar-refractivity contribution < 1.29 is 38.4 Å². The number of carboxylic acids is 1. The van der Waals surface area contributed by atoms with Crippen LogP contribution in [0.3, 0.4) is 0 Å². The second-order valence-electron chi connectivity index (χ2n) is 7.28. The maximum atomic E-state index is 12.6. The number of amides is 1. The quantitative estimate of drug-likeness (QED) is 0.467. The van der Waals surface area contributed by atoms with Gasteiger partial charge in [0.1, 0.15) is 25.2 Å². The van der Waals surface area contributed by atoms with Gasteiger partial charge in [0.25, 0.3) is 5.91 Å². The van der Waals surface area contributed by atoms with Gasteiger partial charge in [-0.2, -0.15) is 0 Å². The summed E-state index contributed by atoms with van der Waals surface area (Å²) in [5.74, 6) is -2.24. The zero-order chi connectivity index (χ0) is 24.7. The molecule has 3 atom stereocenters. The Kier molecular flexibility index (Phi) is 9.12. The molecule has 3 rings (SSSR count). The number of rotatable bonds is 10. The summed E-state index contributed by atoms with van der Waals surface area (Å²) in [7, 11) is 0. The van der Waals surface area contributed by atoms with Crippen molar-refractivity contribution in [3.05, 3.63) is 63.6 Å². The molecule has 11 heteroatoms. The van der Waals surface area contributed by atoms with Crippen molar-refractivity contribution in [2.24, 2.45) is 0 Å². The Morgan fingerprint density at radius 2 is 1.74 bits per heavy atom. The number of hydrogen-bond donors (Lipinski definition) is 2. The number of hydrogen-bond acceptors (Lipinski definition) is 7. The van der Waals surface area contributed by atoms with E-state index >= 15 is 0 Å². The molecule has 2 aromatic rings. The van der Waals surface area contributed by atoms with Crippen molar-refractivity contribution in [3.8, 4) is 5.75 Å². The SMILES string of the molecule is CCOC(=O)[C@@H]1OCO[C@H]1C(=O)N[C@@H](Cc1ccc(OCc2c(Cl)cccc2Cl)cc1)C(=O)O. The number of carboxylic acid groups (broad SMARTS) is 1. The summed E-state index contributed by atoms with van der Waals surface area (Å²) < 4.78 is 20.8. The molecule has 2 N–H and O–H groups in total. The first kappa shape index (κ1) is 25.8. The predicted molar refractivity (Wildman–Crippen MR) is 122 cm³/mol. The van der Waals surface area contributed by atoms with Gasteiger partial charge in [0, 0.05) is 22.0 Å². The van der Waals surface area contributed by atoms with Gasteiger partial charge in [-0.25, -0.2) is 9.59 Å². The third-order valence-electron chi connectivity index (χ3n) is 4.97. The van der Waals surface area contributed by atoms with Crippen LogP contribution in [0.5, 0.6) is 5.75 Å². The lowest BCUT2D eigenvalue weighted by molar-refractivity contribution is -0.156. The Morgan fingerprint density at radius 1 is 1.09 bits per heavy atom. The Bertz CT molecular complexity index is 1010. The molecular formula is C23H23Cl2NO8. The van der Waals surface area contributed by atoms with Gasteiger partial charge in [0.15, 0.2) is 12.2 Å². The van der Waals surface area contributed by atoms with Gasteiger partial charge in [-0.1, -0.05) is 41.4 Å². The number of carbonyl (C=O) groups is 3. The minimum absolute atomic E-state index is 0.00462. The van der Waals surface area contributed by atoms with E-state index in [0.29, 0.717) is 26.9 Å². The van der Waals surface area contributed by atoms with Gasteiger partial charge < -0.3 is 29.4 Å². The molecule has 1 saturated heterocycles. The second kappa shape index (κ2) is 12.0. The molecule has 182 valence electrons. The first-order chi connectivity index (χ1) is 16.3. The number of ether oxygens (including phenoxy) is 4. The maximum Gasteiger partial charge on any atom is 0.338 e. The predicted octanol–water partition coefficient (Wildman–Crippen LogP) is 2.99. The van der Waals surface area contributed by atoms with Crippen LogP contribution in [0.1, 0.15) is 18.1 Å². The van der Waals surface area contributed by atoms with E-state index in [1.165, 1.54) is 0 Å². The number of carbonyl (C=O) groups excluding carboxylic acids is 2. The minimum Gasteiger partial charge on any atom is -0.489 e. The fourth-order valence-electron chi connectivity index (χ4n) is 3.23. The van der Waals surface area contributed by atoms with Crippen LogP contribution in [-0.4, -0.2) is 54.6 Å². The van der Waals surface area contributed by atoms with E-state index in [9.17, 15) is 19.5 Å². The van der Waals surface area contributed by atoms with Crippen molar-refractivity contribution >= 4 is 41.0 Å². The van der Waals surface area contributed by atoms with Crippen molar-refractivity contribution in [1.29, 1.82) is 0 Å². The number of nitrogens with one attached hydrogen (secondary N) is 1. The molecule has 1 amide bonds. The fraction of sp³-hybridized carbons (Fsp3) is 0.348. The van der Waals surface area contributed by atoms with Gasteiger partial charge in [0.2, 0.25) is 0 Å². The van der Waals surface area contributed by atoms with E-state index in [-0.39, 0.29) is 26.4 Å². The van der Waals surface area contributed by atoms with Crippen LogP contribution >= 0.6 is 23.2 Å². The first-order valence-corrected chi connectivity index (χ1v) is 11.1. The average Bonchev–Trinajstić information content (AvgIpc) is 3.30. The van der Waals surface area contributed by atoms with Crippen LogP contribution in [0.25, 0.3) is 0 Å². The molecule has 34 heavy (non-hydrogen) atoms. The van der Waals surface area contributed by atoms with Gasteiger partial charge in [-0.05, 0) is 36.8 Å². The summed E-state index contributed by atoms with van der Waals surface area (Å²) in [4.78, 5) is 36.2. The number of benzene rings is 2. The van der Waals surface area contributed by atoms with E-state index in [0.717, 1.165) is 0 Å². The fourth-order valence-corrected chi connectivity index (χ4v) is 3.73. The molecule has 0 saturated carbocycles. The molecule has 0 aromatic heterocycles. The molecule has 1 aliphatic heterocycles. The number of esters is 1. The van der Waals surface area contributed by atoms with Crippen LogP contribution in [0.4, 0.5) is 0 Å². The van der Waals surface area contributed by atoms with Crippen LogP contribution in [0, 0.1) is 0 Å². The molecule has 0 spiro atoms. The van der Waals surface area contributed by atoms with Crippen molar-refractivity contribution in [2.45, 2.75) is 38.2 Å². The van der Waals surface area contributed by atoms with Crippen molar-refractivity contribution in [2.75, 3.05) is 13.4 Å². The summed E-state index contributed by atoms with van der Waals surface area (Å²) in [5.41, 5.74) is 1.30. The zero-order valence-corrected chi connectivity index (χ0v) is 19.7. The highest BCUT2D eigenvalue weighted by molar-refractivity contribution is 6.35. The van der Waals surface area contributed by atoms with E-state index < -0.39 is 36.1 Å². The monoisotopic (exact) mass is 511 g/mol. The summed E-state index contributed by atoms with van der Waals surface area (Å²) in [6, 6.07) is 10.6. The van der Waals surface area contributed by atoms with Gasteiger partial charge in [-0.3, -0.25) is 4.79 Å².